The topological polar surface area (TPSA) is 93.8 Å². The van der Waals surface area contributed by atoms with E-state index in [2.05, 4.69) is 6.58 Å². The lowest BCUT2D eigenvalue weighted by Gasteiger charge is -2.42. The van der Waals surface area contributed by atoms with Crippen molar-refractivity contribution in [3.63, 3.8) is 0 Å². The fraction of sp³-hybridized carbons (Fsp3) is 0.385. The Kier molecular flexibility index (Phi) is 5.16. The van der Waals surface area contributed by atoms with Gasteiger partial charge in [-0.3, -0.25) is 4.79 Å². The minimum Gasteiger partial charge on any atom is -0.508 e. The van der Waals surface area contributed by atoms with Crippen molar-refractivity contribution >= 4 is 10.9 Å². The van der Waals surface area contributed by atoms with Crippen molar-refractivity contribution in [2.75, 3.05) is 0 Å². The second-order valence-electron chi connectivity index (χ2n) is 9.00. The Balaban J connectivity index is 1.75. The first-order chi connectivity index (χ1) is 15.8. The average molecular weight is 449 g/mol. The van der Waals surface area contributed by atoms with E-state index in [1.54, 1.807) is 22.8 Å². The number of nitrogens with zero attached hydrogens (tertiary/aromatic N) is 2. The number of hydrogen-bond donors (Lipinski definition) is 2. The molecule has 33 heavy (non-hydrogen) atoms. The van der Waals surface area contributed by atoms with Crippen LogP contribution >= 0.6 is 0 Å². The summed E-state index contributed by atoms with van der Waals surface area (Å²) in [4.78, 5) is 18.4. The van der Waals surface area contributed by atoms with E-state index in [1.165, 1.54) is 0 Å². The molecular weight excluding hydrogens is 420 g/mol. The summed E-state index contributed by atoms with van der Waals surface area (Å²) in [7, 11) is 0. The molecule has 0 spiro atoms. The normalized spacial score (nSPS) is 21.2. The van der Waals surface area contributed by atoms with Crippen LogP contribution in [0.2, 0.25) is 0 Å². The molecule has 0 amide bonds. The third kappa shape index (κ3) is 3.14. The number of benzene rings is 1. The lowest BCUT2D eigenvalue weighted by Crippen LogP contribution is -2.50. The number of fused-ring (bicyclic) bond motifs is 5. The number of ether oxygens (including phenoxy) is 2. The molecule has 7 heteroatoms. The molecule has 0 saturated carbocycles. The predicted octanol–water partition coefficient (Wildman–Crippen LogP) is 3.74. The van der Waals surface area contributed by atoms with Crippen molar-refractivity contribution in [1.29, 1.82) is 0 Å². The molecule has 172 valence electrons. The van der Waals surface area contributed by atoms with Gasteiger partial charge in [-0.15, -0.1) is 6.58 Å². The monoisotopic (exact) mass is 448 g/mol. The number of pyridine rings is 2. The van der Waals surface area contributed by atoms with E-state index in [0.717, 1.165) is 27.7 Å². The summed E-state index contributed by atoms with van der Waals surface area (Å²) in [6, 6.07) is 7.36. The highest BCUT2D eigenvalue weighted by atomic mass is 16.6. The first-order valence-corrected chi connectivity index (χ1v) is 11.3. The molecule has 5 rings (SSSR count). The Labute approximate surface area is 191 Å². The number of aromatic hydroxyl groups is 1. The van der Waals surface area contributed by atoms with Crippen molar-refractivity contribution in [1.82, 2.24) is 9.55 Å². The van der Waals surface area contributed by atoms with Gasteiger partial charge in [0.05, 0.1) is 36.2 Å². The summed E-state index contributed by atoms with van der Waals surface area (Å²) >= 11 is 0. The highest BCUT2D eigenvalue weighted by molar-refractivity contribution is 5.88. The second-order valence-corrected chi connectivity index (χ2v) is 9.00. The number of allylic oxidation sites excluding steroid dienone is 1. The van der Waals surface area contributed by atoms with E-state index in [9.17, 15) is 15.0 Å². The third-order valence-electron chi connectivity index (χ3n) is 6.70. The van der Waals surface area contributed by atoms with Crippen LogP contribution in [0.3, 0.4) is 0 Å². The molecule has 0 saturated heterocycles. The van der Waals surface area contributed by atoms with E-state index in [0.29, 0.717) is 36.2 Å². The van der Waals surface area contributed by atoms with E-state index >= 15 is 0 Å². The SMILES string of the molecule is C=CCc1c(O)ccc2nc3c(cc12)Cn1c-3cc2c(c1=O)COC(O)[C@@]2(CC)OC(C)C. The lowest BCUT2D eigenvalue weighted by atomic mass is 9.84. The number of aliphatic hydroxyl groups is 1. The zero-order valence-electron chi connectivity index (χ0n) is 19.1. The minimum atomic E-state index is -1.17. The maximum Gasteiger partial charge on any atom is 0.257 e. The van der Waals surface area contributed by atoms with Gasteiger partial charge < -0.3 is 24.3 Å². The standard InChI is InChI=1S/C26H28N2O5/c1-5-7-16-17-10-15-12-28-21(23(15)27-20(17)8-9-22(16)29)11-19-18(24(28)30)13-32-25(31)26(19,6-2)33-14(3)4/h5,8-11,14,25,29,31H,1,6-7,12-13H2,2-4H3/t25?,26-/m0/s1. The fourth-order valence-electron chi connectivity index (χ4n) is 5.19. The number of rotatable bonds is 5. The van der Waals surface area contributed by atoms with E-state index < -0.39 is 11.9 Å². The van der Waals surface area contributed by atoms with Gasteiger partial charge in [0, 0.05) is 27.6 Å². The number of hydrogen-bond acceptors (Lipinski definition) is 6. The van der Waals surface area contributed by atoms with Crippen LogP contribution in [0.15, 0.2) is 41.7 Å². The highest BCUT2D eigenvalue weighted by Crippen LogP contribution is 2.43. The van der Waals surface area contributed by atoms with Crippen LogP contribution in [-0.4, -0.2) is 32.2 Å². The van der Waals surface area contributed by atoms with Gasteiger partial charge in [0.1, 0.15) is 11.4 Å². The van der Waals surface area contributed by atoms with Crippen molar-refractivity contribution in [2.45, 2.75) is 64.8 Å². The molecule has 4 heterocycles. The summed E-state index contributed by atoms with van der Waals surface area (Å²) in [6.45, 7) is 9.93. The molecule has 2 atom stereocenters. The maximum atomic E-state index is 13.6. The van der Waals surface area contributed by atoms with E-state index in [-0.39, 0.29) is 24.0 Å². The van der Waals surface area contributed by atoms with Gasteiger partial charge in [-0.2, -0.15) is 0 Å². The zero-order chi connectivity index (χ0) is 23.5. The van der Waals surface area contributed by atoms with Gasteiger partial charge in [-0.1, -0.05) is 13.0 Å². The predicted molar refractivity (Wildman–Crippen MR) is 125 cm³/mol. The Bertz CT molecular complexity index is 1340. The summed E-state index contributed by atoms with van der Waals surface area (Å²) < 4.78 is 13.5. The number of aromatic nitrogens is 2. The number of phenols is 1. The molecule has 2 aliphatic heterocycles. The van der Waals surface area contributed by atoms with Crippen LogP contribution in [0.25, 0.3) is 22.3 Å². The highest BCUT2D eigenvalue weighted by Gasteiger charge is 2.47. The van der Waals surface area contributed by atoms with Crippen molar-refractivity contribution in [3.05, 3.63) is 69.5 Å². The molecule has 1 aromatic carbocycles. The lowest BCUT2D eigenvalue weighted by molar-refractivity contribution is -0.266. The largest absolute Gasteiger partial charge is 0.508 e. The van der Waals surface area contributed by atoms with Crippen LogP contribution in [-0.2, 0) is 34.6 Å². The van der Waals surface area contributed by atoms with Crippen LogP contribution in [0.1, 0.15) is 49.4 Å². The van der Waals surface area contributed by atoms with Crippen LogP contribution in [0, 0.1) is 0 Å². The molecule has 2 N–H and O–H groups in total. The van der Waals surface area contributed by atoms with Gasteiger partial charge >= 0.3 is 0 Å². The fourth-order valence-corrected chi connectivity index (χ4v) is 5.19. The molecule has 0 radical (unpaired) electrons. The van der Waals surface area contributed by atoms with Crippen molar-refractivity contribution in [3.8, 4) is 17.1 Å². The van der Waals surface area contributed by atoms with Crippen molar-refractivity contribution in [2.24, 2.45) is 0 Å². The molecule has 0 aliphatic carbocycles. The Hall–Kier alpha value is -3.00. The van der Waals surface area contributed by atoms with Gasteiger partial charge in [-0.25, -0.2) is 4.98 Å². The Morgan fingerprint density at radius 2 is 2.18 bits per heavy atom. The summed E-state index contributed by atoms with van der Waals surface area (Å²) in [5.74, 6) is 0.206. The molecule has 1 unspecified atom stereocenters. The second kappa shape index (κ2) is 7.80. The van der Waals surface area contributed by atoms with Gasteiger partial charge in [0.2, 0.25) is 0 Å². The third-order valence-corrected chi connectivity index (χ3v) is 6.70. The molecular formula is C26H28N2O5. The van der Waals surface area contributed by atoms with Gasteiger partial charge in [-0.05, 0) is 51.0 Å². The number of phenolic OH excluding ortho intramolecular Hbond substituents is 1. The summed E-state index contributed by atoms with van der Waals surface area (Å²) in [6.07, 6.45) is 1.38. The Morgan fingerprint density at radius 3 is 2.88 bits per heavy atom. The Morgan fingerprint density at radius 1 is 1.39 bits per heavy atom. The molecule has 0 bridgehead atoms. The van der Waals surface area contributed by atoms with Crippen LogP contribution < -0.4 is 5.56 Å². The van der Waals surface area contributed by atoms with Crippen molar-refractivity contribution < 1.29 is 19.7 Å². The quantitative estimate of drug-likeness (QED) is 0.452. The molecule has 3 aromatic rings. The first kappa shape index (κ1) is 21.8. The minimum absolute atomic E-state index is 0.0297. The zero-order valence-corrected chi connectivity index (χ0v) is 19.1. The molecule has 7 nitrogen and oxygen atoms in total. The smallest absolute Gasteiger partial charge is 0.257 e. The van der Waals surface area contributed by atoms with Crippen LogP contribution in [0.5, 0.6) is 5.75 Å². The van der Waals surface area contributed by atoms with Gasteiger partial charge in [0.25, 0.3) is 5.56 Å². The molecule has 0 fully saturated rings. The van der Waals surface area contributed by atoms with E-state index in [4.69, 9.17) is 14.5 Å². The first-order valence-electron chi connectivity index (χ1n) is 11.3. The summed E-state index contributed by atoms with van der Waals surface area (Å²) in [5, 5.41) is 22.0. The molecule has 2 aliphatic rings. The van der Waals surface area contributed by atoms with E-state index in [1.807, 2.05) is 32.9 Å². The maximum absolute atomic E-state index is 13.6. The van der Waals surface area contributed by atoms with Crippen LogP contribution in [0.4, 0.5) is 0 Å². The average Bonchev–Trinajstić information content (AvgIpc) is 3.14. The molecule has 2 aromatic heterocycles. The number of aliphatic hydroxyl groups excluding tert-OH is 1. The van der Waals surface area contributed by atoms with Gasteiger partial charge in [0.15, 0.2) is 6.29 Å². The summed E-state index contributed by atoms with van der Waals surface area (Å²) in [5.41, 5.74) is 3.75.